The normalized spacial score (nSPS) is 11.0. The first-order valence-corrected chi connectivity index (χ1v) is 8.59. The van der Waals surface area contributed by atoms with Gasteiger partial charge in [0.25, 0.3) is 0 Å². The number of hydrogen-bond acceptors (Lipinski definition) is 2. The van der Waals surface area contributed by atoms with Crippen molar-refractivity contribution in [2.75, 3.05) is 18.9 Å². The first-order valence-electron chi connectivity index (χ1n) is 8.59. The molecule has 0 spiro atoms. The average Bonchev–Trinajstić information content (AvgIpc) is 2.66. The van der Waals surface area contributed by atoms with Crippen LogP contribution in [0.25, 0.3) is 0 Å². The minimum Gasteiger partial charge on any atom is -0.322 e. The van der Waals surface area contributed by atoms with Gasteiger partial charge in [-0.1, -0.05) is 60.7 Å². The molecule has 3 nitrogen and oxygen atoms in total. The molecule has 0 unspecified atom stereocenters. The van der Waals surface area contributed by atoms with Crippen molar-refractivity contribution in [2.45, 2.75) is 6.04 Å². The second-order valence-corrected chi connectivity index (χ2v) is 6.31. The standard InChI is InChI=1S/C22H20F2N2O/c1-26(15-21(27)25-20-13-12-18(23)14-19(20)24)22(16-8-4-2-5-9-16)17-10-6-3-7-11-17/h2-14,22H,15H2,1H3,(H,25,27). The number of nitrogens with zero attached hydrogens (tertiary/aromatic N) is 1. The zero-order chi connectivity index (χ0) is 19.2. The van der Waals surface area contributed by atoms with E-state index in [1.54, 1.807) is 0 Å². The Kier molecular flexibility index (Phi) is 5.94. The largest absolute Gasteiger partial charge is 0.322 e. The fourth-order valence-corrected chi connectivity index (χ4v) is 3.07. The predicted octanol–water partition coefficient (Wildman–Crippen LogP) is 4.62. The number of carbonyl (C=O) groups excluding carboxylic acids is 1. The van der Waals surface area contributed by atoms with E-state index < -0.39 is 11.6 Å². The van der Waals surface area contributed by atoms with Crippen molar-refractivity contribution >= 4 is 11.6 Å². The van der Waals surface area contributed by atoms with Crippen LogP contribution in [0, 0.1) is 11.6 Å². The molecule has 0 aromatic heterocycles. The lowest BCUT2D eigenvalue weighted by Gasteiger charge is -2.28. The molecule has 0 aliphatic rings. The molecule has 0 atom stereocenters. The molecule has 27 heavy (non-hydrogen) atoms. The van der Waals surface area contributed by atoms with E-state index in [9.17, 15) is 13.6 Å². The van der Waals surface area contributed by atoms with Gasteiger partial charge in [0.2, 0.25) is 5.91 Å². The van der Waals surface area contributed by atoms with Crippen LogP contribution in [0.5, 0.6) is 0 Å². The molecule has 3 aromatic carbocycles. The van der Waals surface area contributed by atoms with Crippen molar-refractivity contribution in [1.82, 2.24) is 4.90 Å². The molecule has 0 fully saturated rings. The summed E-state index contributed by atoms with van der Waals surface area (Å²) in [4.78, 5) is 14.3. The van der Waals surface area contributed by atoms with Crippen molar-refractivity contribution < 1.29 is 13.6 Å². The number of nitrogens with one attached hydrogen (secondary N) is 1. The molecular formula is C22H20F2N2O. The van der Waals surface area contributed by atoms with Crippen molar-refractivity contribution in [3.05, 3.63) is 102 Å². The van der Waals surface area contributed by atoms with Crippen molar-refractivity contribution in [3.8, 4) is 0 Å². The average molecular weight is 366 g/mol. The highest BCUT2D eigenvalue weighted by molar-refractivity contribution is 5.92. The van der Waals surface area contributed by atoms with Gasteiger partial charge in [-0.25, -0.2) is 8.78 Å². The number of anilines is 1. The molecule has 5 heteroatoms. The summed E-state index contributed by atoms with van der Waals surface area (Å²) in [5, 5.41) is 2.50. The highest BCUT2D eigenvalue weighted by Crippen LogP contribution is 2.27. The van der Waals surface area contributed by atoms with Crippen LogP contribution >= 0.6 is 0 Å². The van der Waals surface area contributed by atoms with E-state index in [-0.39, 0.29) is 24.2 Å². The maximum Gasteiger partial charge on any atom is 0.238 e. The van der Waals surface area contributed by atoms with Crippen LogP contribution in [0.2, 0.25) is 0 Å². The number of rotatable bonds is 6. The molecule has 0 bridgehead atoms. The number of hydrogen-bond donors (Lipinski definition) is 1. The third-order valence-electron chi connectivity index (χ3n) is 4.27. The predicted molar refractivity (Wildman–Crippen MR) is 102 cm³/mol. The van der Waals surface area contributed by atoms with Gasteiger partial charge in [0, 0.05) is 6.07 Å². The lowest BCUT2D eigenvalue weighted by Crippen LogP contribution is -2.34. The number of carbonyl (C=O) groups is 1. The van der Waals surface area contributed by atoms with Crippen LogP contribution in [-0.4, -0.2) is 24.4 Å². The summed E-state index contributed by atoms with van der Waals surface area (Å²) < 4.78 is 26.8. The molecule has 3 aromatic rings. The Morgan fingerprint density at radius 1 is 0.926 bits per heavy atom. The molecule has 1 amide bonds. The van der Waals surface area contributed by atoms with Crippen LogP contribution in [0.1, 0.15) is 17.2 Å². The lowest BCUT2D eigenvalue weighted by atomic mass is 9.97. The zero-order valence-electron chi connectivity index (χ0n) is 14.9. The van der Waals surface area contributed by atoms with Gasteiger partial charge in [0.15, 0.2) is 0 Å². The van der Waals surface area contributed by atoms with Gasteiger partial charge < -0.3 is 5.32 Å². The van der Waals surface area contributed by atoms with Crippen LogP contribution in [0.3, 0.4) is 0 Å². The molecule has 0 heterocycles. The Labute approximate surface area is 157 Å². The quantitative estimate of drug-likeness (QED) is 0.690. The number of halogens is 2. The SMILES string of the molecule is CN(CC(=O)Nc1ccc(F)cc1F)C(c1ccccc1)c1ccccc1. The van der Waals surface area contributed by atoms with E-state index in [0.717, 1.165) is 23.3 Å². The van der Waals surface area contributed by atoms with E-state index in [2.05, 4.69) is 5.32 Å². The Bertz CT molecular complexity index is 861. The molecule has 1 N–H and O–H groups in total. The monoisotopic (exact) mass is 366 g/mol. The van der Waals surface area contributed by atoms with E-state index in [4.69, 9.17) is 0 Å². The lowest BCUT2D eigenvalue weighted by molar-refractivity contribution is -0.117. The second kappa shape index (κ2) is 8.56. The van der Waals surface area contributed by atoms with Crippen LogP contribution in [0.4, 0.5) is 14.5 Å². The highest BCUT2D eigenvalue weighted by atomic mass is 19.1. The maximum absolute atomic E-state index is 13.8. The molecule has 0 aliphatic heterocycles. The van der Waals surface area contributed by atoms with Crippen LogP contribution < -0.4 is 5.32 Å². The Hall–Kier alpha value is -3.05. The molecule has 0 radical (unpaired) electrons. The van der Waals surface area contributed by atoms with E-state index >= 15 is 0 Å². The third kappa shape index (κ3) is 4.77. The minimum absolute atomic E-state index is 0.0363. The second-order valence-electron chi connectivity index (χ2n) is 6.31. The topological polar surface area (TPSA) is 32.3 Å². The summed E-state index contributed by atoms with van der Waals surface area (Å²) in [7, 11) is 1.84. The first-order chi connectivity index (χ1) is 13.0. The number of benzene rings is 3. The van der Waals surface area contributed by atoms with Gasteiger partial charge in [-0.05, 0) is 30.3 Å². The summed E-state index contributed by atoms with van der Waals surface area (Å²) in [5.41, 5.74) is 2.06. The van der Waals surface area contributed by atoms with E-state index in [0.29, 0.717) is 0 Å². The van der Waals surface area contributed by atoms with Gasteiger partial charge in [-0.15, -0.1) is 0 Å². The van der Waals surface area contributed by atoms with Crippen molar-refractivity contribution in [2.24, 2.45) is 0 Å². The fraction of sp³-hybridized carbons (Fsp3) is 0.136. The smallest absolute Gasteiger partial charge is 0.238 e. The zero-order valence-corrected chi connectivity index (χ0v) is 14.9. The minimum atomic E-state index is -0.798. The Morgan fingerprint density at radius 3 is 2.00 bits per heavy atom. The Balaban J connectivity index is 1.78. The van der Waals surface area contributed by atoms with Gasteiger partial charge in [-0.3, -0.25) is 9.69 Å². The van der Waals surface area contributed by atoms with Crippen LogP contribution in [-0.2, 0) is 4.79 Å². The Morgan fingerprint density at radius 2 is 1.48 bits per heavy atom. The molecule has 0 saturated heterocycles. The van der Waals surface area contributed by atoms with E-state index in [1.165, 1.54) is 6.07 Å². The molecular weight excluding hydrogens is 346 g/mol. The summed E-state index contributed by atoms with van der Waals surface area (Å²) in [6, 6.07) is 22.7. The fourth-order valence-electron chi connectivity index (χ4n) is 3.07. The van der Waals surface area contributed by atoms with Gasteiger partial charge in [0.1, 0.15) is 11.6 Å². The summed E-state index contributed by atoms with van der Waals surface area (Å²) in [6.45, 7) is 0.0469. The number of amides is 1. The summed E-state index contributed by atoms with van der Waals surface area (Å²) in [6.07, 6.45) is 0. The molecule has 0 aliphatic carbocycles. The molecule has 0 saturated carbocycles. The van der Waals surface area contributed by atoms with E-state index in [1.807, 2.05) is 72.6 Å². The van der Waals surface area contributed by atoms with Gasteiger partial charge in [0.05, 0.1) is 18.3 Å². The van der Waals surface area contributed by atoms with Crippen molar-refractivity contribution in [1.29, 1.82) is 0 Å². The third-order valence-corrected chi connectivity index (χ3v) is 4.27. The summed E-state index contributed by atoms with van der Waals surface area (Å²) in [5.74, 6) is -1.86. The molecule has 3 rings (SSSR count). The first kappa shape index (κ1) is 18.7. The van der Waals surface area contributed by atoms with Crippen LogP contribution in [0.15, 0.2) is 78.9 Å². The maximum atomic E-state index is 13.8. The van der Waals surface area contributed by atoms with Gasteiger partial charge in [-0.2, -0.15) is 0 Å². The highest BCUT2D eigenvalue weighted by Gasteiger charge is 2.21. The van der Waals surface area contributed by atoms with Gasteiger partial charge >= 0.3 is 0 Å². The van der Waals surface area contributed by atoms with Crippen molar-refractivity contribution in [3.63, 3.8) is 0 Å². The molecule has 138 valence electrons. The number of likely N-dealkylation sites (N-methyl/N-ethyl adjacent to an activating group) is 1. The summed E-state index contributed by atoms with van der Waals surface area (Å²) >= 11 is 0.